The zero-order chi connectivity index (χ0) is 21.6. The van der Waals surface area contributed by atoms with Crippen molar-refractivity contribution in [2.45, 2.75) is 37.8 Å². The molecule has 31 heavy (non-hydrogen) atoms. The Morgan fingerprint density at radius 3 is 1.58 bits per heavy atom. The van der Waals surface area contributed by atoms with Gasteiger partial charge in [0, 0.05) is 31.1 Å². The SMILES string of the molecule is CCCN(CCN(CCCSc1ccccc1)Cc1ccccc1)Cc1ccccc1. The summed E-state index contributed by atoms with van der Waals surface area (Å²) in [4.78, 5) is 6.61. The number of hydrogen-bond donors (Lipinski definition) is 0. The molecule has 0 unspecified atom stereocenters. The first-order chi connectivity index (χ1) is 15.3. The van der Waals surface area contributed by atoms with Crippen LogP contribution in [0.1, 0.15) is 30.9 Å². The molecule has 0 N–H and O–H groups in total. The Morgan fingerprint density at radius 1 is 0.581 bits per heavy atom. The largest absolute Gasteiger partial charge is 0.298 e. The minimum absolute atomic E-state index is 1.03. The van der Waals surface area contributed by atoms with Crippen LogP contribution in [-0.4, -0.2) is 41.7 Å². The molecule has 3 aromatic rings. The van der Waals surface area contributed by atoms with Crippen molar-refractivity contribution in [1.82, 2.24) is 9.80 Å². The molecule has 0 atom stereocenters. The highest BCUT2D eigenvalue weighted by Gasteiger charge is 2.10. The highest BCUT2D eigenvalue weighted by Crippen LogP contribution is 2.18. The van der Waals surface area contributed by atoms with E-state index in [1.807, 2.05) is 11.8 Å². The van der Waals surface area contributed by atoms with Gasteiger partial charge in [0.05, 0.1) is 0 Å². The van der Waals surface area contributed by atoms with E-state index in [-0.39, 0.29) is 0 Å². The lowest BCUT2D eigenvalue weighted by Gasteiger charge is -2.28. The lowest BCUT2D eigenvalue weighted by atomic mass is 10.2. The second-order valence-corrected chi connectivity index (χ2v) is 9.21. The Labute approximate surface area is 193 Å². The topological polar surface area (TPSA) is 6.48 Å². The van der Waals surface area contributed by atoms with Crippen molar-refractivity contribution in [1.29, 1.82) is 0 Å². The van der Waals surface area contributed by atoms with Crippen LogP contribution in [0.4, 0.5) is 0 Å². The van der Waals surface area contributed by atoms with Crippen molar-refractivity contribution in [2.75, 3.05) is 31.9 Å². The number of thioether (sulfide) groups is 1. The smallest absolute Gasteiger partial charge is 0.0234 e. The van der Waals surface area contributed by atoms with Crippen molar-refractivity contribution in [2.24, 2.45) is 0 Å². The average Bonchev–Trinajstić information content (AvgIpc) is 2.82. The fourth-order valence-electron chi connectivity index (χ4n) is 3.82. The van der Waals surface area contributed by atoms with E-state index in [0.29, 0.717) is 0 Å². The van der Waals surface area contributed by atoms with Crippen LogP contribution >= 0.6 is 11.8 Å². The van der Waals surface area contributed by atoms with Crippen molar-refractivity contribution in [3.05, 3.63) is 102 Å². The molecule has 164 valence electrons. The van der Waals surface area contributed by atoms with Gasteiger partial charge in [0.15, 0.2) is 0 Å². The molecule has 0 aliphatic heterocycles. The van der Waals surface area contributed by atoms with E-state index in [0.717, 1.165) is 45.0 Å². The van der Waals surface area contributed by atoms with Crippen LogP contribution in [0, 0.1) is 0 Å². The molecule has 0 amide bonds. The van der Waals surface area contributed by atoms with E-state index >= 15 is 0 Å². The van der Waals surface area contributed by atoms with Crippen molar-refractivity contribution in [3.63, 3.8) is 0 Å². The Kier molecular flexibility index (Phi) is 10.7. The van der Waals surface area contributed by atoms with Gasteiger partial charge in [-0.2, -0.15) is 0 Å². The molecule has 0 saturated carbocycles. The van der Waals surface area contributed by atoms with Crippen LogP contribution in [0.5, 0.6) is 0 Å². The van der Waals surface area contributed by atoms with Crippen LogP contribution < -0.4 is 0 Å². The summed E-state index contributed by atoms with van der Waals surface area (Å²) in [5, 5.41) is 0. The molecule has 3 heteroatoms. The van der Waals surface area contributed by atoms with Gasteiger partial charge in [0.1, 0.15) is 0 Å². The summed E-state index contributed by atoms with van der Waals surface area (Å²) in [6.07, 6.45) is 2.40. The average molecular weight is 433 g/mol. The van der Waals surface area contributed by atoms with Gasteiger partial charge in [0.2, 0.25) is 0 Å². The Balaban J connectivity index is 1.52. The van der Waals surface area contributed by atoms with Gasteiger partial charge in [-0.15, -0.1) is 11.8 Å². The summed E-state index contributed by atoms with van der Waals surface area (Å²) in [5.41, 5.74) is 2.81. The predicted octanol–water partition coefficient (Wildman–Crippen LogP) is 6.58. The van der Waals surface area contributed by atoms with E-state index in [1.54, 1.807) is 0 Å². The summed E-state index contributed by atoms with van der Waals surface area (Å²) in [7, 11) is 0. The lowest BCUT2D eigenvalue weighted by Crippen LogP contribution is -2.35. The molecule has 0 aliphatic carbocycles. The van der Waals surface area contributed by atoms with Gasteiger partial charge in [-0.3, -0.25) is 9.80 Å². The molecule has 0 heterocycles. The van der Waals surface area contributed by atoms with E-state index in [2.05, 4.69) is 108 Å². The molecular formula is C28H36N2S. The minimum Gasteiger partial charge on any atom is -0.298 e. The molecule has 0 fully saturated rings. The maximum Gasteiger partial charge on any atom is 0.0234 e. The molecule has 0 saturated heterocycles. The zero-order valence-corrected chi connectivity index (χ0v) is 19.6. The van der Waals surface area contributed by atoms with Gasteiger partial charge in [0.25, 0.3) is 0 Å². The highest BCUT2D eigenvalue weighted by atomic mass is 32.2. The van der Waals surface area contributed by atoms with Crippen LogP contribution in [0.15, 0.2) is 95.9 Å². The number of nitrogens with zero attached hydrogens (tertiary/aromatic N) is 2. The number of rotatable bonds is 14. The first-order valence-corrected chi connectivity index (χ1v) is 12.5. The quantitative estimate of drug-likeness (QED) is 0.210. The van der Waals surface area contributed by atoms with Gasteiger partial charge in [-0.05, 0) is 54.9 Å². The van der Waals surface area contributed by atoms with Crippen molar-refractivity contribution < 1.29 is 0 Å². The second kappa shape index (κ2) is 14.1. The zero-order valence-electron chi connectivity index (χ0n) is 18.8. The first-order valence-electron chi connectivity index (χ1n) is 11.5. The summed E-state index contributed by atoms with van der Waals surface area (Å²) in [6.45, 7) is 8.86. The first kappa shape index (κ1) is 23.6. The Hall–Kier alpha value is -2.07. The molecule has 0 spiro atoms. The van der Waals surface area contributed by atoms with E-state index < -0.39 is 0 Å². The minimum atomic E-state index is 1.03. The number of benzene rings is 3. The number of hydrogen-bond acceptors (Lipinski definition) is 3. The molecule has 3 aromatic carbocycles. The summed E-state index contributed by atoms with van der Waals surface area (Å²) in [6, 6.07) is 32.5. The lowest BCUT2D eigenvalue weighted by molar-refractivity contribution is 0.193. The molecule has 2 nitrogen and oxygen atoms in total. The summed E-state index contributed by atoms with van der Waals surface area (Å²) in [5.74, 6) is 1.16. The van der Waals surface area contributed by atoms with Gasteiger partial charge >= 0.3 is 0 Å². The predicted molar refractivity (Wildman–Crippen MR) is 136 cm³/mol. The van der Waals surface area contributed by atoms with E-state index in [4.69, 9.17) is 0 Å². The van der Waals surface area contributed by atoms with Gasteiger partial charge < -0.3 is 0 Å². The van der Waals surface area contributed by atoms with Gasteiger partial charge in [-0.1, -0.05) is 85.8 Å². The normalized spacial score (nSPS) is 11.3. The molecule has 0 bridgehead atoms. The van der Waals surface area contributed by atoms with E-state index in [1.165, 1.54) is 28.9 Å². The van der Waals surface area contributed by atoms with Gasteiger partial charge in [-0.25, -0.2) is 0 Å². The molecule has 3 rings (SSSR count). The van der Waals surface area contributed by atoms with Crippen LogP contribution in [0.2, 0.25) is 0 Å². The third-order valence-electron chi connectivity index (χ3n) is 5.40. The summed E-state index contributed by atoms with van der Waals surface area (Å²) >= 11 is 1.97. The van der Waals surface area contributed by atoms with Crippen LogP contribution in [0.3, 0.4) is 0 Å². The monoisotopic (exact) mass is 432 g/mol. The Morgan fingerprint density at radius 2 is 1.06 bits per heavy atom. The fraction of sp³-hybridized carbons (Fsp3) is 0.357. The molecule has 0 aliphatic rings. The second-order valence-electron chi connectivity index (χ2n) is 8.04. The standard InChI is InChI=1S/C28H36N2S/c1-2-19-29(24-26-13-6-3-7-14-26)21-22-30(25-27-15-8-4-9-16-27)20-12-23-31-28-17-10-5-11-18-28/h3-11,13-18H,2,12,19-25H2,1H3. The molecule has 0 radical (unpaired) electrons. The Bertz CT molecular complexity index is 823. The van der Waals surface area contributed by atoms with Crippen molar-refractivity contribution in [3.8, 4) is 0 Å². The van der Waals surface area contributed by atoms with Crippen LogP contribution in [-0.2, 0) is 13.1 Å². The highest BCUT2D eigenvalue weighted by molar-refractivity contribution is 7.99. The maximum atomic E-state index is 2.63. The fourth-order valence-corrected chi connectivity index (χ4v) is 4.68. The third-order valence-corrected chi connectivity index (χ3v) is 6.50. The molecule has 0 aromatic heterocycles. The van der Waals surface area contributed by atoms with Crippen LogP contribution in [0.25, 0.3) is 0 Å². The summed E-state index contributed by atoms with van der Waals surface area (Å²) < 4.78 is 0. The third kappa shape index (κ3) is 9.30. The maximum absolute atomic E-state index is 2.63. The van der Waals surface area contributed by atoms with Crippen molar-refractivity contribution >= 4 is 11.8 Å². The molecular weight excluding hydrogens is 396 g/mol. The van der Waals surface area contributed by atoms with E-state index in [9.17, 15) is 0 Å².